The van der Waals surface area contributed by atoms with Crippen molar-refractivity contribution in [1.29, 1.82) is 0 Å². The Morgan fingerprint density at radius 2 is 1.91 bits per heavy atom. The van der Waals surface area contributed by atoms with Crippen molar-refractivity contribution < 1.29 is 9.47 Å². The van der Waals surface area contributed by atoms with E-state index >= 15 is 0 Å². The number of rotatable bonds is 5. The fraction of sp³-hybridized carbons (Fsp3) is 0.267. The average molecular weight is 353 g/mol. The number of halogens is 2. The van der Waals surface area contributed by atoms with E-state index < -0.39 is 0 Å². The van der Waals surface area contributed by atoms with Crippen LogP contribution in [0.4, 0.5) is 0 Å². The number of benzene rings is 1. The minimum Gasteiger partial charge on any atom is -0.490 e. The standard InChI is InChI=1S/C15H14Cl2N4O2/c1-3-22-10-7-5-6-9(12(10)23-4-2)11-13(16)20-15-18-8-19-21(15)14(11)17/h5-8H,3-4H2,1-2H3. The third-order valence-electron chi connectivity index (χ3n) is 3.16. The van der Waals surface area contributed by atoms with E-state index in [1.54, 1.807) is 0 Å². The second-order valence-corrected chi connectivity index (χ2v) is 5.26. The van der Waals surface area contributed by atoms with Gasteiger partial charge in [0.1, 0.15) is 16.6 Å². The summed E-state index contributed by atoms with van der Waals surface area (Å²) in [5.41, 5.74) is 1.22. The molecule has 0 bridgehead atoms. The van der Waals surface area contributed by atoms with Crippen LogP contribution in [0.5, 0.6) is 11.5 Å². The van der Waals surface area contributed by atoms with Crippen LogP contribution >= 0.6 is 23.2 Å². The molecule has 6 nitrogen and oxygen atoms in total. The molecule has 1 aromatic carbocycles. The summed E-state index contributed by atoms with van der Waals surface area (Å²) in [5, 5.41) is 4.60. The molecular formula is C15H14Cl2N4O2. The predicted octanol–water partition coefficient (Wildman–Crippen LogP) is 3.90. The van der Waals surface area contributed by atoms with Gasteiger partial charge in [-0.1, -0.05) is 35.3 Å². The third-order valence-corrected chi connectivity index (χ3v) is 3.79. The van der Waals surface area contributed by atoms with E-state index in [4.69, 9.17) is 32.7 Å². The van der Waals surface area contributed by atoms with Crippen LogP contribution in [-0.2, 0) is 0 Å². The molecule has 0 aliphatic heterocycles. The topological polar surface area (TPSA) is 61.5 Å². The SMILES string of the molecule is CCOc1cccc(-c2c(Cl)nc3ncnn3c2Cl)c1OCC. The second-order valence-electron chi connectivity index (χ2n) is 4.54. The van der Waals surface area contributed by atoms with Gasteiger partial charge in [-0.3, -0.25) is 0 Å². The van der Waals surface area contributed by atoms with Crippen LogP contribution in [0.15, 0.2) is 24.5 Å². The number of aromatic nitrogens is 4. The van der Waals surface area contributed by atoms with Gasteiger partial charge in [0.2, 0.25) is 0 Å². The first-order valence-corrected chi connectivity index (χ1v) is 7.86. The molecule has 2 heterocycles. The smallest absolute Gasteiger partial charge is 0.255 e. The Bertz CT molecular complexity index is 851. The Labute approximate surface area is 143 Å². The molecule has 23 heavy (non-hydrogen) atoms. The summed E-state index contributed by atoms with van der Waals surface area (Å²) < 4.78 is 12.8. The van der Waals surface area contributed by atoms with Gasteiger partial charge in [-0.25, -0.2) is 0 Å². The lowest BCUT2D eigenvalue weighted by Gasteiger charge is -2.16. The van der Waals surface area contributed by atoms with E-state index in [1.165, 1.54) is 10.8 Å². The molecule has 2 aromatic heterocycles. The Kier molecular flexibility index (Phi) is 4.54. The minimum absolute atomic E-state index is 0.227. The van der Waals surface area contributed by atoms with Crippen molar-refractivity contribution in [3.63, 3.8) is 0 Å². The Balaban J connectivity index is 2.27. The monoisotopic (exact) mass is 352 g/mol. The zero-order chi connectivity index (χ0) is 16.4. The van der Waals surface area contributed by atoms with Gasteiger partial charge in [0.25, 0.3) is 5.78 Å². The van der Waals surface area contributed by atoms with Crippen molar-refractivity contribution >= 4 is 29.0 Å². The summed E-state index contributed by atoms with van der Waals surface area (Å²) in [5.74, 6) is 1.53. The summed E-state index contributed by atoms with van der Waals surface area (Å²) >= 11 is 12.8. The molecule has 0 aliphatic carbocycles. The first-order chi connectivity index (χ1) is 11.2. The molecule has 0 aliphatic rings. The number of fused-ring (bicyclic) bond motifs is 1. The van der Waals surface area contributed by atoms with E-state index in [1.807, 2.05) is 32.0 Å². The Morgan fingerprint density at radius 3 is 2.65 bits per heavy atom. The van der Waals surface area contributed by atoms with Gasteiger partial charge in [-0.2, -0.15) is 19.6 Å². The first kappa shape index (κ1) is 15.8. The van der Waals surface area contributed by atoms with E-state index in [-0.39, 0.29) is 5.15 Å². The molecule has 0 saturated heterocycles. The minimum atomic E-state index is 0.227. The average Bonchev–Trinajstić information content (AvgIpc) is 2.99. The molecule has 0 radical (unpaired) electrons. The van der Waals surface area contributed by atoms with Crippen molar-refractivity contribution in [2.45, 2.75) is 13.8 Å². The van der Waals surface area contributed by atoms with Crippen LogP contribution in [0.2, 0.25) is 10.3 Å². The maximum atomic E-state index is 6.46. The molecule has 0 fully saturated rings. The highest BCUT2D eigenvalue weighted by Gasteiger charge is 2.21. The molecule has 3 rings (SSSR count). The second kappa shape index (κ2) is 6.60. The largest absolute Gasteiger partial charge is 0.490 e. The molecule has 0 amide bonds. The molecule has 0 saturated carbocycles. The number of hydrogen-bond donors (Lipinski definition) is 0. The predicted molar refractivity (Wildman–Crippen MR) is 88.6 cm³/mol. The number of nitrogens with zero attached hydrogens (tertiary/aromatic N) is 4. The first-order valence-electron chi connectivity index (χ1n) is 7.11. The molecular weight excluding hydrogens is 339 g/mol. The molecule has 0 atom stereocenters. The summed E-state index contributed by atoms with van der Waals surface area (Å²) in [6, 6.07) is 5.54. The van der Waals surface area contributed by atoms with E-state index in [0.29, 0.717) is 46.8 Å². The van der Waals surface area contributed by atoms with Crippen LogP contribution in [0.1, 0.15) is 13.8 Å². The molecule has 0 unspecified atom stereocenters. The highest BCUT2D eigenvalue weighted by Crippen LogP contribution is 2.43. The quantitative estimate of drug-likeness (QED) is 0.651. The lowest BCUT2D eigenvalue weighted by molar-refractivity contribution is 0.289. The van der Waals surface area contributed by atoms with Crippen molar-refractivity contribution in [3.8, 4) is 22.6 Å². The third kappa shape index (κ3) is 2.80. The van der Waals surface area contributed by atoms with E-state index in [0.717, 1.165) is 0 Å². The molecule has 0 N–H and O–H groups in total. The molecule has 0 spiro atoms. The summed E-state index contributed by atoms with van der Waals surface area (Å²) in [7, 11) is 0. The highest BCUT2D eigenvalue weighted by atomic mass is 35.5. The van der Waals surface area contributed by atoms with Crippen LogP contribution in [-0.4, -0.2) is 32.8 Å². The maximum absolute atomic E-state index is 6.46. The fourth-order valence-electron chi connectivity index (χ4n) is 2.28. The maximum Gasteiger partial charge on any atom is 0.255 e. The summed E-state index contributed by atoms with van der Waals surface area (Å²) in [6.45, 7) is 4.80. The van der Waals surface area contributed by atoms with Crippen LogP contribution in [0.3, 0.4) is 0 Å². The lowest BCUT2D eigenvalue weighted by Crippen LogP contribution is -2.02. The van der Waals surface area contributed by atoms with Crippen LogP contribution < -0.4 is 9.47 Å². The number of hydrogen-bond acceptors (Lipinski definition) is 5. The van der Waals surface area contributed by atoms with Gasteiger partial charge < -0.3 is 9.47 Å². The molecule has 120 valence electrons. The van der Waals surface area contributed by atoms with Gasteiger partial charge in [0.15, 0.2) is 11.5 Å². The molecule has 8 heteroatoms. The van der Waals surface area contributed by atoms with Crippen LogP contribution in [0.25, 0.3) is 16.9 Å². The van der Waals surface area contributed by atoms with Crippen molar-refractivity contribution in [1.82, 2.24) is 19.6 Å². The van der Waals surface area contributed by atoms with Crippen molar-refractivity contribution in [3.05, 3.63) is 34.8 Å². The van der Waals surface area contributed by atoms with E-state index in [9.17, 15) is 0 Å². The van der Waals surface area contributed by atoms with Gasteiger partial charge in [0, 0.05) is 5.56 Å². The molecule has 3 aromatic rings. The fourth-order valence-corrected chi connectivity index (χ4v) is 2.91. The Hall–Kier alpha value is -2.05. The van der Waals surface area contributed by atoms with Gasteiger partial charge >= 0.3 is 0 Å². The normalized spacial score (nSPS) is 11.0. The lowest BCUT2D eigenvalue weighted by atomic mass is 10.1. The van der Waals surface area contributed by atoms with Crippen LogP contribution in [0, 0.1) is 0 Å². The Morgan fingerprint density at radius 1 is 1.13 bits per heavy atom. The van der Waals surface area contributed by atoms with Crippen molar-refractivity contribution in [2.24, 2.45) is 0 Å². The van der Waals surface area contributed by atoms with Gasteiger partial charge in [-0.15, -0.1) is 0 Å². The van der Waals surface area contributed by atoms with Gasteiger partial charge in [-0.05, 0) is 19.9 Å². The highest BCUT2D eigenvalue weighted by molar-refractivity contribution is 6.38. The van der Waals surface area contributed by atoms with E-state index in [2.05, 4.69) is 15.1 Å². The summed E-state index contributed by atoms with van der Waals surface area (Å²) in [4.78, 5) is 8.22. The number of para-hydroxylation sites is 1. The van der Waals surface area contributed by atoms with Gasteiger partial charge in [0.05, 0.1) is 18.8 Å². The van der Waals surface area contributed by atoms with Crippen molar-refractivity contribution in [2.75, 3.05) is 13.2 Å². The summed E-state index contributed by atoms with van der Waals surface area (Å²) in [6.07, 6.45) is 1.37. The number of ether oxygens (including phenoxy) is 2. The zero-order valence-electron chi connectivity index (χ0n) is 12.6. The zero-order valence-corrected chi connectivity index (χ0v) is 14.1.